The number of aryl methyl sites for hydroxylation is 1. The molecule has 132 valence electrons. The molecule has 3 rings (SSSR count). The molecule has 1 unspecified atom stereocenters. The summed E-state index contributed by atoms with van der Waals surface area (Å²) in [5.41, 5.74) is 3.20. The molecule has 0 spiro atoms. The van der Waals surface area contributed by atoms with E-state index in [4.69, 9.17) is 4.74 Å². The SMILES string of the molecule is Cc1cc(N2CCN(C)CC2)ccc1NC(=O)C(C)OCC1CC1. The smallest absolute Gasteiger partial charge is 0.253 e. The highest BCUT2D eigenvalue weighted by atomic mass is 16.5. The fourth-order valence-electron chi connectivity index (χ4n) is 2.92. The molecule has 1 N–H and O–H groups in total. The topological polar surface area (TPSA) is 44.8 Å². The van der Waals surface area contributed by atoms with Crippen LogP contribution >= 0.6 is 0 Å². The van der Waals surface area contributed by atoms with Crippen LogP contribution in [0.15, 0.2) is 18.2 Å². The van der Waals surface area contributed by atoms with Crippen LogP contribution in [0.5, 0.6) is 0 Å². The quantitative estimate of drug-likeness (QED) is 0.870. The predicted molar refractivity (Wildman–Crippen MR) is 97.7 cm³/mol. The predicted octanol–water partition coefficient (Wildman–Crippen LogP) is 2.50. The van der Waals surface area contributed by atoms with Crippen LogP contribution in [-0.2, 0) is 9.53 Å². The van der Waals surface area contributed by atoms with Crippen LogP contribution in [0.25, 0.3) is 0 Å². The largest absolute Gasteiger partial charge is 0.369 e. The first-order valence-electron chi connectivity index (χ1n) is 8.99. The van der Waals surface area contributed by atoms with Crippen molar-refractivity contribution in [2.24, 2.45) is 5.92 Å². The van der Waals surface area contributed by atoms with Gasteiger partial charge in [-0.15, -0.1) is 0 Å². The second-order valence-corrected chi connectivity index (χ2v) is 7.20. The maximum atomic E-state index is 12.3. The van der Waals surface area contributed by atoms with Crippen molar-refractivity contribution >= 4 is 17.3 Å². The van der Waals surface area contributed by atoms with Gasteiger partial charge in [0.25, 0.3) is 5.91 Å². The lowest BCUT2D eigenvalue weighted by Crippen LogP contribution is -2.44. The summed E-state index contributed by atoms with van der Waals surface area (Å²) in [6.45, 7) is 8.86. The summed E-state index contributed by atoms with van der Waals surface area (Å²) < 4.78 is 5.64. The van der Waals surface area contributed by atoms with Gasteiger partial charge in [-0.3, -0.25) is 4.79 Å². The summed E-state index contributed by atoms with van der Waals surface area (Å²) in [5, 5.41) is 3.00. The van der Waals surface area contributed by atoms with Gasteiger partial charge in [-0.2, -0.15) is 0 Å². The van der Waals surface area contributed by atoms with Crippen LogP contribution in [-0.4, -0.2) is 56.7 Å². The number of ether oxygens (including phenoxy) is 1. The summed E-state index contributed by atoms with van der Waals surface area (Å²) in [6.07, 6.45) is 2.07. The zero-order valence-electron chi connectivity index (χ0n) is 15.0. The van der Waals surface area contributed by atoms with Crippen LogP contribution in [0.2, 0.25) is 0 Å². The number of anilines is 2. The first-order chi connectivity index (χ1) is 11.5. The number of likely N-dealkylation sites (N-methyl/N-ethyl adjacent to an activating group) is 1. The van der Waals surface area contributed by atoms with E-state index in [2.05, 4.69) is 34.3 Å². The van der Waals surface area contributed by atoms with Crippen LogP contribution in [0.4, 0.5) is 11.4 Å². The minimum absolute atomic E-state index is 0.0638. The van der Waals surface area contributed by atoms with Crippen molar-refractivity contribution in [3.63, 3.8) is 0 Å². The Morgan fingerprint density at radius 2 is 2.00 bits per heavy atom. The molecular weight excluding hydrogens is 302 g/mol. The first kappa shape index (κ1) is 17.2. The second-order valence-electron chi connectivity index (χ2n) is 7.20. The second kappa shape index (κ2) is 7.53. The average Bonchev–Trinajstić information content (AvgIpc) is 3.39. The Balaban J connectivity index is 1.56. The Labute approximate surface area is 145 Å². The van der Waals surface area contributed by atoms with Crippen molar-refractivity contribution in [3.8, 4) is 0 Å². The standard InChI is InChI=1S/C19H29N3O2/c1-14-12-17(22-10-8-21(3)9-11-22)6-7-18(14)20-19(23)15(2)24-13-16-4-5-16/h6-7,12,15-16H,4-5,8-11,13H2,1-3H3,(H,20,23). The highest BCUT2D eigenvalue weighted by Crippen LogP contribution is 2.29. The van der Waals surface area contributed by atoms with Crippen LogP contribution in [0, 0.1) is 12.8 Å². The molecule has 24 heavy (non-hydrogen) atoms. The number of hydrogen-bond donors (Lipinski definition) is 1. The first-order valence-corrected chi connectivity index (χ1v) is 8.99. The van der Waals surface area contributed by atoms with Crippen molar-refractivity contribution in [1.29, 1.82) is 0 Å². The molecule has 1 aliphatic carbocycles. The van der Waals surface area contributed by atoms with Gasteiger partial charge in [0, 0.05) is 37.6 Å². The van der Waals surface area contributed by atoms with Crippen LogP contribution < -0.4 is 10.2 Å². The third-order valence-electron chi connectivity index (χ3n) is 4.98. The summed E-state index contributed by atoms with van der Waals surface area (Å²) in [6, 6.07) is 6.27. The summed E-state index contributed by atoms with van der Waals surface area (Å²) in [5.74, 6) is 0.607. The van der Waals surface area contributed by atoms with E-state index in [1.165, 1.54) is 18.5 Å². The number of nitrogens with one attached hydrogen (secondary N) is 1. The van der Waals surface area contributed by atoms with Crippen molar-refractivity contribution in [2.45, 2.75) is 32.8 Å². The van der Waals surface area contributed by atoms with Gasteiger partial charge >= 0.3 is 0 Å². The minimum Gasteiger partial charge on any atom is -0.369 e. The number of piperazine rings is 1. The van der Waals surface area contributed by atoms with Gasteiger partial charge in [0.05, 0.1) is 6.61 Å². The molecular formula is C19H29N3O2. The molecule has 2 fully saturated rings. The molecule has 1 saturated heterocycles. The molecule has 0 radical (unpaired) electrons. The van der Waals surface area contributed by atoms with Gasteiger partial charge in [-0.05, 0) is 63.4 Å². The number of nitrogens with zero attached hydrogens (tertiary/aromatic N) is 2. The molecule has 1 atom stereocenters. The number of rotatable bonds is 6. The third kappa shape index (κ3) is 4.48. The molecule has 2 aliphatic rings. The number of hydrogen-bond acceptors (Lipinski definition) is 4. The fourth-order valence-corrected chi connectivity index (χ4v) is 2.92. The zero-order chi connectivity index (χ0) is 17.1. The minimum atomic E-state index is -0.401. The van der Waals surface area contributed by atoms with E-state index in [1.807, 2.05) is 19.9 Å². The fraction of sp³-hybridized carbons (Fsp3) is 0.632. The molecule has 0 bridgehead atoms. The van der Waals surface area contributed by atoms with Gasteiger partial charge in [-0.1, -0.05) is 0 Å². The molecule has 5 nitrogen and oxygen atoms in total. The van der Waals surface area contributed by atoms with E-state index in [0.29, 0.717) is 12.5 Å². The molecule has 1 aromatic rings. The summed E-state index contributed by atoms with van der Waals surface area (Å²) >= 11 is 0. The average molecular weight is 331 g/mol. The lowest BCUT2D eigenvalue weighted by atomic mass is 10.1. The molecule has 0 aromatic heterocycles. The maximum Gasteiger partial charge on any atom is 0.253 e. The van der Waals surface area contributed by atoms with Crippen molar-refractivity contribution in [3.05, 3.63) is 23.8 Å². The van der Waals surface area contributed by atoms with E-state index in [0.717, 1.165) is 37.4 Å². The Hall–Kier alpha value is -1.59. The lowest BCUT2D eigenvalue weighted by Gasteiger charge is -2.34. The maximum absolute atomic E-state index is 12.3. The molecule has 1 saturated carbocycles. The Morgan fingerprint density at radius 3 is 2.62 bits per heavy atom. The van der Waals surface area contributed by atoms with E-state index in [1.54, 1.807) is 0 Å². The van der Waals surface area contributed by atoms with Gasteiger partial charge in [-0.25, -0.2) is 0 Å². The monoisotopic (exact) mass is 331 g/mol. The van der Waals surface area contributed by atoms with Gasteiger partial charge in [0.1, 0.15) is 6.10 Å². The van der Waals surface area contributed by atoms with E-state index >= 15 is 0 Å². The summed E-state index contributed by atoms with van der Waals surface area (Å²) in [4.78, 5) is 17.0. The molecule has 1 aromatic carbocycles. The molecule has 1 heterocycles. The molecule has 1 aliphatic heterocycles. The van der Waals surface area contributed by atoms with E-state index in [9.17, 15) is 4.79 Å². The van der Waals surface area contributed by atoms with Crippen molar-refractivity contribution < 1.29 is 9.53 Å². The number of amides is 1. The molecule has 1 amide bonds. The van der Waals surface area contributed by atoms with Gasteiger partial charge in [0.15, 0.2) is 0 Å². The van der Waals surface area contributed by atoms with Crippen molar-refractivity contribution in [1.82, 2.24) is 4.90 Å². The van der Waals surface area contributed by atoms with Crippen LogP contribution in [0.3, 0.4) is 0 Å². The summed E-state index contributed by atoms with van der Waals surface area (Å²) in [7, 11) is 2.16. The van der Waals surface area contributed by atoms with E-state index < -0.39 is 6.10 Å². The van der Waals surface area contributed by atoms with Gasteiger partial charge < -0.3 is 19.9 Å². The highest BCUT2D eigenvalue weighted by Gasteiger charge is 2.24. The Bertz CT molecular complexity index is 578. The lowest BCUT2D eigenvalue weighted by molar-refractivity contribution is -0.126. The number of carbonyl (C=O) groups excluding carboxylic acids is 1. The Kier molecular flexibility index (Phi) is 5.41. The van der Waals surface area contributed by atoms with Gasteiger partial charge in [0.2, 0.25) is 0 Å². The highest BCUT2D eigenvalue weighted by molar-refractivity contribution is 5.94. The van der Waals surface area contributed by atoms with Crippen molar-refractivity contribution in [2.75, 3.05) is 50.1 Å². The third-order valence-corrected chi connectivity index (χ3v) is 4.98. The number of benzene rings is 1. The normalized spacial score (nSPS) is 20.0. The van der Waals surface area contributed by atoms with Crippen LogP contribution in [0.1, 0.15) is 25.3 Å². The zero-order valence-corrected chi connectivity index (χ0v) is 15.0. The number of carbonyl (C=O) groups is 1. The van der Waals surface area contributed by atoms with E-state index in [-0.39, 0.29) is 5.91 Å². The molecule has 5 heteroatoms. The Morgan fingerprint density at radius 1 is 1.29 bits per heavy atom.